The molecule has 0 amide bonds. The van der Waals surface area contributed by atoms with Crippen LogP contribution in [0.25, 0.3) is 0 Å². The summed E-state index contributed by atoms with van der Waals surface area (Å²) in [6.45, 7) is 10.2. The van der Waals surface area contributed by atoms with E-state index in [1.807, 2.05) is 37.3 Å². The van der Waals surface area contributed by atoms with Crippen LogP contribution in [0.1, 0.15) is 26.7 Å². The first kappa shape index (κ1) is 23.6. The molecule has 1 unspecified atom stereocenters. The summed E-state index contributed by atoms with van der Waals surface area (Å²) in [7, 11) is 3.70. The monoisotopic (exact) mass is 461 g/mol. The van der Waals surface area contributed by atoms with Gasteiger partial charge in [-0.2, -0.15) is 0 Å². The molecule has 1 N–H and O–H groups in total. The maximum absolute atomic E-state index is 5.95. The molecule has 0 aliphatic rings. The highest BCUT2D eigenvalue weighted by Gasteiger charge is 2.10. The van der Waals surface area contributed by atoms with Crippen LogP contribution < -0.4 is 14.8 Å². The van der Waals surface area contributed by atoms with Crippen LogP contribution in [0.4, 0.5) is 0 Å². The van der Waals surface area contributed by atoms with Crippen molar-refractivity contribution in [1.82, 2.24) is 10.2 Å². The molecular weight excluding hydrogens is 429 g/mol. The fourth-order valence-corrected chi connectivity index (χ4v) is 2.23. The number of guanidine groups is 1. The van der Waals surface area contributed by atoms with Gasteiger partial charge in [-0.1, -0.05) is 18.2 Å². The van der Waals surface area contributed by atoms with Crippen LogP contribution >= 0.6 is 24.0 Å². The lowest BCUT2D eigenvalue weighted by Crippen LogP contribution is -2.40. The maximum Gasteiger partial charge on any atom is 0.193 e. The second kappa shape index (κ2) is 13.8. The molecule has 0 heterocycles. The average molecular weight is 461 g/mol. The highest BCUT2D eigenvalue weighted by atomic mass is 127. The summed E-state index contributed by atoms with van der Waals surface area (Å²) in [6, 6.07) is 7.66. The van der Waals surface area contributed by atoms with Gasteiger partial charge in [0.15, 0.2) is 17.5 Å². The van der Waals surface area contributed by atoms with Crippen LogP contribution in [0.15, 0.2) is 41.9 Å². The lowest BCUT2D eigenvalue weighted by atomic mass is 10.3. The van der Waals surface area contributed by atoms with Gasteiger partial charge in [-0.3, -0.25) is 0 Å². The van der Waals surface area contributed by atoms with Crippen molar-refractivity contribution < 1.29 is 9.47 Å². The van der Waals surface area contributed by atoms with E-state index in [4.69, 9.17) is 9.47 Å². The van der Waals surface area contributed by atoms with Gasteiger partial charge < -0.3 is 19.7 Å². The van der Waals surface area contributed by atoms with Crippen molar-refractivity contribution in [3.63, 3.8) is 0 Å². The highest BCUT2D eigenvalue weighted by molar-refractivity contribution is 14.0. The Morgan fingerprint density at radius 1 is 1.36 bits per heavy atom. The number of halogens is 1. The highest BCUT2D eigenvalue weighted by Crippen LogP contribution is 2.26. The largest absolute Gasteiger partial charge is 0.493 e. The SMILES string of the molecule is C=CCCCN(C)C(=NCC(C)Oc1ccccc1OC)NCC.I. The van der Waals surface area contributed by atoms with E-state index in [1.54, 1.807) is 7.11 Å². The minimum atomic E-state index is -0.0449. The molecule has 1 atom stereocenters. The van der Waals surface area contributed by atoms with Crippen LogP contribution in [0, 0.1) is 0 Å². The number of rotatable bonds is 10. The van der Waals surface area contributed by atoms with E-state index in [-0.39, 0.29) is 30.1 Å². The number of nitrogens with one attached hydrogen (secondary N) is 1. The van der Waals surface area contributed by atoms with Crippen LogP contribution in [0.5, 0.6) is 11.5 Å². The van der Waals surface area contributed by atoms with Gasteiger partial charge in [0.1, 0.15) is 6.10 Å². The normalized spacial score (nSPS) is 11.9. The first-order valence-corrected chi connectivity index (χ1v) is 8.52. The Morgan fingerprint density at radius 3 is 2.64 bits per heavy atom. The number of methoxy groups -OCH3 is 1. The average Bonchev–Trinajstić information content (AvgIpc) is 2.59. The minimum Gasteiger partial charge on any atom is -0.493 e. The molecule has 0 fully saturated rings. The van der Waals surface area contributed by atoms with Gasteiger partial charge in [-0.05, 0) is 38.8 Å². The Morgan fingerprint density at radius 2 is 2.04 bits per heavy atom. The van der Waals surface area contributed by atoms with Crippen LogP contribution in [-0.2, 0) is 0 Å². The third-order valence-electron chi connectivity index (χ3n) is 3.49. The smallest absolute Gasteiger partial charge is 0.193 e. The molecule has 0 aromatic heterocycles. The molecule has 1 aromatic rings. The fraction of sp³-hybridized carbons (Fsp3) is 0.526. The molecule has 6 heteroatoms. The topological polar surface area (TPSA) is 46.1 Å². The zero-order chi connectivity index (χ0) is 17.8. The maximum atomic E-state index is 5.95. The molecule has 142 valence electrons. The molecule has 0 aliphatic heterocycles. The van der Waals surface area contributed by atoms with Crippen molar-refractivity contribution in [3.05, 3.63) is 36.9 Å². The van der Waals surface area contributed by atoms with Crippen molar-refractivity contribution in [2.75, 3.05) is 33.8 Å². The van der Waals surface area contributed by atoms with E-state index in [9.17, 15) is 0 Å². The third-order valence-corrected chi connectivity index (χ3v) is 3.49. The molecule has 0 aliphatic carbocycles. The molecule has 0 saturated carbocycles. The van der Waals surface area contributed by atoms with Gasteiger partial charge in [0.05, 0.1) is 13.7 Å². The second-order valence-corrected chi connectivity index (χ2v) is 5.63. The summed E-state index contributed by atoms with van der Waals surface area (Å²) in [5.41, 5.74) is 0. The Labute approximate surface area is 169 Å². The van der Waals surface area contributed by atoms with Gasteiger partial charge >= 0.3 is 0 Å². The van der Waals surface area contributed by atoms with Crippen molar-refractivity contribution in [2.45, 2.75) is 32.8 Å². The van der Waals surface area contributed by atoms with E-state index >= 15 is 0 Å². The number of para-hydroxylation sites is 2. The van der Waals surface area contributed by atoms with Gasteiger partial charge in [0.25, 0.3) is 0 Å². The Bertz CT molecular complexity index is 523. The predicted molar refractivity (Wildman–Crippen MR) is 117 cm³/mol. The van der Waals surface area contributed by atoms with E-state index in [0.717, 1.165) is 43.4 Å². The number of hydrogen-bond donors (Lipinski definition) is 1. The van der Waals surface area contributed by atoms with Crippen molar-refractivity contribution >= 4 is 29.9 Å². The number of unbranched alkanes of at least 4 members (excludes halogenated alkanes) is 1. The van der Waals surface area contributed by atoms with Gasteiger partial charge in [-0.25, -0.2) is 4.99 Å². The molecule has 1 aromatic carbocycles. The molecule has 0 spiro atoms. The van der Waals surface area contributed by atoms with Gasteiger partial charge in [-0.15, -0.1) is 30.6 Å². The Balaban J connectivity index is 0.00000576. The fourth-order valence-electron chi connectivity index (χ4n) is 2.23. The quantitative estimate of drug-likeness (QED) is 0.189. The first-order chi connectivity index (χ1) is 11.6. The number of nitrogens with zero attached hydrogens (tertiary/aromatic N) is 2. The van der Waals surface area contributed by atoms with E-state index in [1.165, 1.54) is 0 Å². The molecule has 25 heavy (non-hydrogen) atoms. The summed E-state index contributed by atoms with van der Waals surface area (Å²) in [5, 5.41) is 3.32. The molecule has 0 saturated heterocycles. The second-order valence-electron chi connectivity index (χ2n) is 5.63. The molecule has 0 bridgehead atoms. The number of ether oxygens (including phenoxy) is 2. The standard InChI is InChI=1S/C19H31N3O2.HI/c1-6-8-11-14-22(4)19(20-7-2)21-15-16(3)24-18-13-10-9-12-17(18)23-5;/h6,9-10,12-13,16H,1,7-8,11,14-15H2,2-5H3,(H,20,21);1H. The lowest BCUT2D eigenvalue weighted by molar-refractivity contribution is 0.219. The van der Waals surface area contributed by atoms with Crippen molar-refractivity contribution in [3.8, 4) is 11.5 Å². The van der Waals surface area contributed by atoms with Gasteiger partial charge in [0, 0.05) is 20.1 Å². The molecule has 1 rings (SSSR count). The Hall–Kier alpha value is -1.44. The summed E-state index contributed by atoms with van der Waals surface area (Å²) in [5.74, 6) is 2.38. The lowest BCUT2D eigenvalue weighted by Gasteiger charge is -2.22. The zero-order valence-corrected chi connectivity index (χ0v) is 18.2. The van der Waals surface area contributed by atoms with Crippen LogP contribution in [0.2, 0.25) is 0 Å². The third kappa shape index (κ3) is 9.00. The number of hydrogen-bond acceptors (Lipinski definition) is 3. The van der Waals surface area contributed by atoms with Crippen molar-refractivity contribution in [1.29, 1.82) is 0 Å². The summed E-state index contributed by atoms with van der Waals surface area (Å²) >= 11 is 0. The zero-order valence-electron chi connectivity index (χ0n) is 15.8. The number of aliphatic imine (C=N–C) groups is 1. The first-order valence-electron chi connectivity index (χ1n) is 8.52. The number of benzene rings is 1. The van der Waals surface area contributed by atoms with E-state index in [2.05, 4.69) is 35.8 Å². The molecule has 0 radical (unpaired) electrons. The summed E-state index contributed by atoms with van der Waals surface area (Å²) in [6.07, 6.45) is 3.98. The summed E-state index contributed by atoms with van der Waals surface area (Å²) in [4.78, 5) is 6.83. The minimum absolute atomic E-state index is 0. The van der Waals surface area contributed by atoms with Crippen LogP contribution in [0.3, 0.4) is 0 Å². The Kier molecular flexibility index (Phi) is 13.0. The molecule has 5 nitrogen and oxygen atoms in total. The number of allylic oxidation sites excluding steroid dienone is 1. The van der Waals surface area contributed by atoms with Gasteiger partial charge in [0.2, 0.25) is 0 Å². The predicted octanol–water partition coefficient (Wildman–Crippen LogP) is 3.94. The molecular formula is C19H32IN3O2. The van der Waals surface area contributed by atoms with Crippen LogP contribution in [-0.4, -0.2) is 50.8 Å². The van der Waals surface area contributed by atoms with Crippen molar-refractivity contribution in [2.24, 2.45) is 4.99 Å². The van der Waals surface area contributed by atoms with E-state index in [0.29, 0.717) is 6.54 Å². The van der Waals surface area contributed by atoms with E-state index < -0.39 is 0 Å². The summed E-state index contributed by atoms with van der Waals surface area (Å²) < 4.78 is 11.3.